The van der Waals surface area contributed by atoms with Gasteiger partial charge in [0.25, 0.3) is 0 Å². The van der Waals surface area contributed by atoms with Crippen molar-refractivity contribution in [2.45, 2.75) is 0 Å². The lowest BCUT2D eigenvalue weighted by Crippen LogP contribution is -2.15. The Hall–Kier alpha value is -7.31. The molecule has 1 aliphatic rings. The highest BCUT2D eigenvalue weighted by atomic mass is 14.9. The van der Waals surface area contributed by atoms with Crippen molar-refractivity contribution in [2.24, 2.45) is 0 Å². The smallest absolute Gasteiger partial charge is 0.0725 e. The van der Waals surface area contributed by atoms with Gasteiger partial charge in [0.1, 0.15) is 0 Å². The predicted molar refractivity (Wildman–Crippen MR) is 220 cm³/mol. The number of dihydropyridines is 1. The Balaban J connectivity index is 1.03. The third-order valence-electron chi connectivity index (χ3n) is 10.1. The number of benzene rings is 4. The van der Waals surface area contributed by atoms with E-state index < -0.39 is 0 Å². The van der Waals surface area contributed by atoms with Crippen LogP contribution in [0.4, 0.5) is 0 Å². The van der Waals surface area contributed by atoms with Gasteiger partial charge >= 0.3 is 0 Å². The molecule has 0 amide bonds. The van der Waals surface area contributed by atoms with Crippen molar-refractivity contribution in [1.29, 1.82) is 0 Å². The average molecular weight is 693 g/mol. The zero-order valence-electron chi connectivity index (χ0n) is 29.2. The Kier molecular flexibility index (Phi) is 7.77. The molecule has 0 radical (unpaired) electrons. The second-order valence-electron chi connectivity index (χ2n) is 13.4. The zero-order chi connectivity index (χ0) is 35.8. The van der Waals surface area contributed by atoms with Gasteiger partial charge in [0.15, 0.2) is 0 Å². The average Bonchev–Trinajstić information content (AvgIpc) is 3.27. The first-order valence-corrected chi connectivity index (χ1v) is 18.0. The number of aromatic nitrogens is 5. The number of fused-ring (bicyclic) bond motifs is 6. The summed E-state index contributed by atoms with van der Waals surface area (Å²) in [7, 11) is 0. The van der Waals surface area contributed by atoms with Gasteiger partial charge in [0.05, 0.1) is 34.2 Å². The fourth-order valence-corrected chi connectivity index (χ4v) is 7.46. The summed E-state index contributed by atoms with van der Waals surface area (Å²) < 4.78 is 0. The molecule has 0 atom stereocenters. The molecule has 6 heterocycles. The van der Waals surface area contributed by atoms with E-state index in [-0.39, 0.29) is 0 Å². The van der Waals surface area contributed by atoms with Crippen LogP contribution in [0.15, 0.2) is 177 Å². The number of nitrogens with one attached hydrogen (secondary N) is 1. The Morgan fingerprint density at radius 3 is 1.56 bits per heavy atom. The largest absolute Gasteiger partial charge is 0.386 e. The van der Waals surface area contributed by atoms with Crippen LogP contribution in [0, 0.1) is 0 Å². The van der Waals surface area contributed by atoms with Crippen LogP contribution >= 0.6 is 0 Å². The number of allylic oxidation sites excluding steroid dienone is 2. The molecule has 0 bridgehead atoms. The molecule has 6 nitrogen and oxygen atoms in total. The first kappa shape index (κ1) is 31.4. The van der Waals surface area contributed by atoms with Crippen LogP contribution in [-0.4, -0.2) is 31.5 Å². The lowest BCUT2D eigenvalue weighted by Gasteiger charge is -2.16. The van der Waals surface area contributed by atoms with E-state index in [4.69, 9.17) is 9.97 Å². The molecule has 0 fully saturated rings. The molecule has 1 N–H and O–H groups in total. The summed E-state index contributed by atoms with van der Waals surface area (Å²) in [4.78, 5) is 23.8. The number of rotatable bonds is 6. The molecular formula is C48H32N6. The van der Waals surface area contributed by atoms with E-state index in [1.807, 2.05) is 67.3 Å². The van der Waals surface area contributed by atoms with Crippen molar-refractivity contribution in [2.75, 3.05) is 6.54 Å². The van der Waals surface area contributed by atoms with E-state index in [0.717, 1.165) is 74.1 Å². The topological polar surface area (TPSA) is 76.5 Å². The predicted octanol–water partition coefficient (Wildman–Crippen LogP) is 10.8. The van der Waals surface area contributed by atoms with Crippen LogP contribution in [0.2, 0.25) is 0 Å². The molecule has 9 aromatic rings. The summed E-state index contributed by atoms with van der Waals surface area (Å²) in [6, 6.07) is 48.5. The minimum Gasteiger partial charge on any atom is -0.386 e. The minimum atomic E-state index is 0.732. The van der Waals surface area contributed by atoms with E-state index in [2.05, 4.69) is 123 Å². The van der Waals surface area contributed by atoms with E-state index in [9.17, 15) is 0 Å². The molecule has 254 valence electrons. The molecule has 0 unspecified atom stereocenters. The number of nitrogens with zero attached hydrogens (tertiary/aromatic N) is 5. The van der Waals surface area contributed by atoms with Gasteiger partial charge in [-0.3, -0.25) is 15.0 Å². The normalized spacial score (nSPS) is 12.7. The molecular weight excluding hydrogens is 661 g/mol. The van der Waals surface area contributed by atoms with Crippen LogP contribution in [0.25, 0.3) is 88.5 Å². The van der Waals surface area contributed by atoms with E-state index in [0.29, 0.717) is 0 Å². The maximum atomic E-state index is 5.15. The highest BCUT2D eigenvalue weighted by molar-refractivity contribution is 6.26. The number of hydrogen-bond donors (Lipinski definition) is 1. The van der Waals surface area contributed by atoms with Gasteiger partial charge in [-0.1, -0.05) is 72.8 Å². The Morgan fingerprint density at radius 1 is 0.407 bits per heavy atom. The third kappa shape index (κ3) is 5.76. The van der Waals surface area contributed by atoms with Gasteiger partial charge in [0.2, 0.25) is 0 Å². The van der Waals surface area contributed by atoms with Crippen LogP contribution in [0.1, 0.15) is 11.4 Å². The lowest BCUT2D eigenvalue weighted by atomic mass is 9.91. The van der Waals surface area contributed by atoms with Gasteiger partial charge in [-0.25, -0.2) is 9.97 Å². The van der Waals surface area contributed by atoms with Crippen LogP contribution in [0.5, 0.6) is 0 Å². The van der Waals surface area contributed by atoms with E-state index >= 15 is 0 Å². The summed E-state index contributed by atoms with van der Waals surface area (Å²) in [5.74, 6) is 0. The van der Waals surface area contributed by atoms with E-state index in [1.54, 1.807) is 6.20 Å². The van der Waals surface area contributed by atoms with Crippen molar-refractivity contribution in [3.8, 4) is 45.0 Å². The number of hydrogen-bond acceptors (Lipinski definition) is 6. The summed E-state index contributed by atoms with van der Waals surface area (Å²) in [6.07, 6.45) is 11.6. The standard InChI is InChI=1S/C48H32N6/c1-2-10-38-37(9-1)41-25-31(45-13-7-15-47(53-45)35-23-33(27-49-29-35)43-11-3-5-21-51-43)17-19-39(41)40-20-18-32(26-42(38)40)46-14-8-16-48(54-46)36-24-34(28-50-30-36)44-12-4-6-22-52-44/h1-27,29-30,50H,28H2. The Bertz CT molecular complexity index is 2910. The lowest BCUT2D eigenvalue weighted by molar-refractivity contribution is 0.979. The van der Waals surface area contributed by atoms with E-state index in [1.165, 1.54) is 32.3 Å². The summed E-state index contributed by atoms with van der Waals surface area (Å²) >= 11 is 0. The molecule has 6 heteroatoms. The molecule has 4 aromatic carbocycles. The SMILES string of the molecule is C1=C(c2cccc(-c3ccc4c5ccc(-c6cccc(-c7cncc(-c8ccccn8)c7)n6)cc5c5ccccc5c4c3)n2)C=C(c2ccccn2)CN1. The van der Waals surface area contributed by atoms with Crippen molar-refractivity contribution >= 4 is 43.5 Å². The molecule has 54 heavy (non-hydrogen) atoms. The minimum absolute atomic E-state index is 0.732. The Labute approximate surface area is 312 Å². The van der Waals surface area contributed by atoms with Crippen LogP contribution in [0.3, 0.4) is 0 Å². The highest BCUT2D eigenvalue weighted by Crippen LogP contribution is 2.39. The van der Waals surface area contributed by atoms with Gasteiger partial charge in [-0.05, 0) is 111 Å². The first-order chi connectivity index (χ1) is 26.7. The fraction of sp³-hybridized carbons (Fsp3) is 0.0208. The number of pyridine rings is 5. The summed E-state index contributed by atoms with van der Waals surface area (Å²) in [5.41, 5.74) is 11.7. The first-order valence-electron chi connectivity index (χ1n) is 18.0. The van der Waals surface area contributed by atoms with Crippen molar-refractivity contribution in [3.63, 3.8) is 0 Å². The van der Waals surface area contributed by atoms with Crippen molar-refractivity contribution in [1.82, 2.24) is 30.2 Å². The van der Waals surface area contributed by atoms with Gasteiger partial charge in [-0.2, -0.15) is 0 Å². The van der Waals surface area contributed by atoms with Crippen LogP contribution in [-0.2, 0) is 0 Å². The second kappa shape index (κ2) is 13.3. The molecule has 0 saturated heterocycles. The summed E-state index contributed by atoms with van der Waals surface area (Å²) in [5, 5.41) is 10.6. The van der Waals surface area contributed by atoms with Crippen molar-refractivity contribution < 1.29 is 0 Å². The molecule has 1 aliphatic heterocycles. The fourth-order valence-electron chi connectivity index (χ4n) is 7.46. The Morgan fingerprint density at radius 2 is 0.926 bits per heavy atom. The summed E-state index contributed by atoms with van der Waals surface area (Å²) in [6.45, 7) is 0.732. The second-order valence-corrected chi connectivity index (χ2v) is 13.4. The third-order valence-corrected chi connectivity index (χ3v) is 10.1. The molecule has 0 aliphatic carbocycles. The maximum absolute atomic E-state index is 5.15. The maximum Gasteiger partial charge on any atom is 0.0725 e. The highest BCUT2D eigenvalue weighted by Gasteiger charge is 2.15. The molecule has 10 rings (SSSR count). The zero-order valence-corrected chi connectivity index (χ0v) is 29.2. The van der Waals surface area contributed by atoms with Crippen LogP contribution < -0.4 is 5.32 Å². The van der Waals surface area contributed by atoms with Gasteiger partial charge in [-0.15, -0.1) is 0 Å². The van der Waals surface area contributed by atoms with Crippen molar-refractivity contribution in [3.05, 3.63) is 188 Å². The molecule has 0 saturated carbocycles. The monoisotopic (exact) mass is 692 g/mol. The van der Waals surface area contributed by atoms with Gasteiger partial charge in [0, 0.05) is 65.4 Å². The molecule has 5 aromatic heterocycles. The quantitative estimate of drug-likeness (QED) is 0.175. The van der Waals surface area contributed by atoms with Gasteiger partial charge < -0.3 is 5.32 Å². The molecule has 0 spiro atoms.